The lowest BCUT2D eigenvalue weighted by atomic mass is 10.0. The summed E-state index contributed by atoms with van der Waals surface area (Å²) in [6.45, 7) is 4.90. The van der Waals surface area contributed by atoms with Gasteiger partial charge in [-0.15, -0.1) is 0 Å². The molecule has 15 heavy (non-hydrogen) atoms. The van der Waals surface area contributed by atoms with E-state index in [1.54, 1.807) is 0 Å². The second-order valence-corrected chi connectivity index (χ2v) is 4.03. The van der Waals surface area contributed by atoms with Crippen molar-refractivity contribution in [1.82, 2.24) is 10.6 Å². The van der Waals surface area contributed by atoms with Gasteiger partial charge in [-0.3, -0.25) is 9.59 Å². The molecule has 1 heterocycles. The van der Waals surface area contributed by atoms with Gasteiger partial charge in [0.05, 0.1) is 5.60 Å². The zero-order valence-corrected chi connectivity index (χ0v) is 9.00. The number of primary amides is 1. The van der Waals surface area contributed by atoms with Crippen molar-refractivity contribution in [1.29, 1.82) is 0 Å². The van der Waals surface area contributed by atoms with Crippen molar-refractivity contribution < 1.29 is 14.3 Å². The molecule has 6 nitrogen and oxygen atoms in total. The summed E-state index contributed by atoms with van der Waals surface area (Å²) in [7, 11) is 0. The van der Waals surface area contributed by atoms with Gasteiger partial charge in [-0.25, -0.2) is 0 Å². The van der Waals surface area contributed by atoms with E-state index in [-0.39, 0.29) is 18.1 Å². The molecule has 1 rings (SSSR count). The van der Waals surface area contributed by atoms with Crippen LogP contribution in [-0.4, -0.2) is 43.2 Å². The molecule has 0 saturated carbocycles. The Morgan fingerprint density at radius 3 is 2.60 bits per heavy atom. The molecule has 1 atom stereocenters. The van der Waals surface area contributed by atoms with Crippen molar-refractivity contribution in [3.05, 3.63) is 0 Å². The standard InChI is InChI=1S/C9H17N3O3/c1-6(8(10)14)12-7(13)3-15-9(2)4-11-5-9/h6,11H,3-5H2,1-2H3,(H2,10,14)(H,12,13). The van der Waals surface area contributed by atoms with Crippen LogP contribution in [-0.2, 0) is 14.3 Å². The molecule has 0 radical (unpaired) electrons. The van der Waals surface area contributed by atoms with E-state index in [0.29, 0.717) is 0 Å². The Bertz CT molecular complexity index is 263. The van der Waals surface area contributed by atoms with Gasteiger partial charge in [0.1, 0.15) is 12.6 Å². The Hall–Kier alpha value is -1.14. The first-order valence-corrected chi connectivity index (χ1v) is 4.86. The zero-order chi connectivity index (χ0) is 11.5. The van der Waals surface area contributed by atoms with E-state index in [9.17, 15) is 9.59 Å². The third-order valence-corrected chi connectivity index (χ3v) is 2.35. The van der Waals surface area contributed by atoms with Gasteiger partial charge in [0.2, 0.25) is 11.8 Å². The van der Waals surface area contributed by atoms with Crippen molar-refractivity contribution in [3.8, 4) is 0 Å². The predicted octanol–water partition coefficient (Wildman–Crippen LogP) is -1.65. The number of nitrogens with two attached hydrogens (primary N) is 1. The molecule has 1 unspecified atom stereocenters. The Kier molecular flexibility index (Phi) is 3.65. The van der Waals surface area contributed by atoms with Crippen LogP contribution in [0.5, 0.6) is 0 Å². The van der Waals surface area contributed by atoms with Crippen LogP contribution in [0.2, 0.25) is 0 Å². The fourth-order valence-corrected chi connectivity index (χ4v) is 1.17. The topological polar surface area (TPSA) is 93.4 Å². The van der Waals surface area contributed by atoms with E-state index >= 15 is 0 Å². The van der Waals surface area contributed by atoms with E-state index in [1.807, 2.05) is 6.92 Å². The largest absolute Gasteiger partial charge is 0.368 e. The van der Waals surface area contributed by atoms with Crippen molar-refractivity contribution in [2.45, 2.75) is 25.5 Å². The van der Waals surface area contributed by atoms with Crippen LogP contribution in [0.25, 0.3) is 0 Å². The second kappa shape index (κ2) is 4.59. The second-order valence-electron chi connectivity index (χ2n) is 4.03. The highest BCUT2D eigenvalue weighted by molar-refractivity contribution is 5.86. The molecule has 86 valence electrons. The predicted molar refractivity (Wildman–Crippen MR) is 54.0 cm³/mol. The molecule has 0 aromatic carbocycles. The Morgan fingerprint density at radius 2 is 2.20 bits per heavy atom. The zero-order valence-electron chi connectivity index (χ0n) is 9.00. The van der Waals surface area contributed by atoms with E-state index in [0.717, 1.165) is 13.1 Å². The van der Waals surface area contributed by atoms with Crippen molar-refractivity contribution >= 4 is 11.8 Å². The van der Waals surface area contributed by atoms with Crippen LogP contribution in [0.4, 0.5) is 0 Å². The van der Waals surface area contributed by atoms with E-state index in [4.69, 9.17) is 10.5 Å². The molecule has 0 bridgehead atoms. The van der Waals surface area contributed by atoms with Gasteiger partial charge in [0.25, 0.3) is 0 Å². The Balaban J connectivity index is 2.21. The number of nitrogens with one attached hydrogen (secondary N) is 2. The van der Waals surface area contributed by atoms with Crippen LogP contribution in [0.3, 0.4) is 0 Å². The molecule has 0 aromatic heterocycles. The number of carbonyl (C=O) groups excluding carboxylic acids is 2. The first-order valence-electron chi connectivity index (χ1n) is 4.86. The lowest BCUT2D eigenvalue weighted by Gasteiger charge is -2.38. The lowest BCUT2D eigenvalue weighted by Crippen LogP contribution is -2.60. The number of ether oxygens (including phenoxy) is 1. The Morgan fingerprint density at radius 1 is 1.60 bits per heavy atom. The third-order valence-electron chi connectivity index (χ3n) is 2.35. The SMILES string of the molecule is CC(NC(=O)COC1(C)CNC1)C(N)=O. The molecular weight excluding hydrogens is 198 g/mol. The summed E-state index contributed by atoms with van der Waals surface area (Å²) in [6.07, 6.45) is 0. The first-order chi connectivity index (χ1) is 6.93. The summed E-state index contributed by atoms with van der Waals surface area (Å²) in [5.74, 6) is -0.880. The van der Waals surface area contributed by atoms with Crippen LogP contribution < -0.4 is 16.4 Å². The molecule has 1 saturated heterocycles. The smallest absolute Gasteiger partial charge is 0.246 e. The summed E-state index contributed by atoms with van der Waals surface area (Å²) in [6, 6.07) is -0.659. The van der Waals surface area contributed by atoms with Gasteiger partial charge in [-0.2, -0.15) is 0 Å². The summed E-state index contributed by atoms with van der Waals surface area (Å²) in [5.41, 5.74) is 4.74. The van der Waals surface area contributed by atoms with Crippen molar-refractivity contribution in [2.75, 3.05) is 19.7 Å². The fourth-order valence-electron chi connectivity index (χ4n) is 1.17. The maximum Gasteiger partial charge on any atom is 0.246 e. The average Bonchev–Trinajstić information content (AvgIpc) is 2.11. The highest BCUT2D eigenvalue weighted by Gasteiger charge is 2.33. The number of hydrogen-bond acceptors (Lipinski definition) is 4. The van der Waals surface area contributed by atoms with E-state index in [1.165, 1.54) is 6.92 Å². The van der Waals surface area contributed by atoms with Crippen molar-refractivity contribution in [2.24, 2.45) is 5.73 Å². The van der Waals surface area contributed by atoms with Crippen LogP contribution >= 0.6 is 0 Å². The minimum absolute atomic E-state index is 0.0458. The molecule has 1 fully saturated rings. The average molecular weight is 215 g/mol. The molecule has 1 aliphatic heterocycles. The monoisotopic (exact) mass is 215 g/mol. The quantitative estimate of drug-likeness (QED) is 0.512. The molecule has 1 aliphatic rings. The Labute approximate surface area is 88.5 Å². The van der Waals surface area contributed by atoms with Gasteiger partial charge in [0.15, 0.2) is 0 Å². The summed E-state index contributed by atoms with van der Waals surface area (Å²) in [4.78, 5) is 21.9. The van der Waals surface area contributed by atoms with Crippen LogP contribution in [0.15, 0.2) is 0 Å². The van der Waals surface area contributed by atoms with Crippen LogP contribution in [0.1, 0.15) is 13.8 Å². The van der Waals surface area contributed by atoms with Gasteiger partial charge in [-0.05, 0) is 13.8 Å². The maximum atomic E-state index is 11.3. The van der Waals surface area contributed by atoms with E-state index < -0.39 is 11.9 Å². The minimum Gasteiger partial charge on any atom is -0.368 e. The van der Waals surface area contributed by atoms with Crippen LogP contribution in [0, 0.1) is 0 Å². The summed E-state index contributed by atoms with van der Waals surface area (Å²) < 4.78 is 5.38. The molecule has 0 spiro atoms. The molecule has 2 amide bonds. The molecule has 0 aromatic rings. The number of carbonyl (C=O) groups is 2. The molecule has 6 heteroatoms. The summed E-state index contributed by atoms with van der Waals surface area (Å²) in [5, 5.41) is 5.49. The van der Waals surface area contributed by atoms with Gasteiger partial charge in [0, 0.05) is 13.1 Å². The number of amides is 2. The van der Waals surface area contributed by atoms with Gasteiger partial charge >= 0.3 is 0 Å². The van der Waals surface area contributed by atoms with Crippen molar-refractivity contribution in [3.63, 3.8) is 0 Å². The van der Waals surface area contributed by atoms with Gasteiger partial charge < -0.3 is 21.1 Å². The first kappa shape index (κ1) is 11.9. The number of rotatable bonds is 5. The number of hydrogen-bond donors (Lipinski definition) is 3. The normalized spacial score (nSPS) is 20.1. The molecule has 4 N–H and O–H groups in total. The summed E-state index contributed by atoms with van der Waals surface area (Å²) >= 11 is 0. The third kappa shape index (κ3) is 3.49. The fraction of sp³-hybridized carbons (Fsp3) is 0.778. The molecule has 0 aliphatic carbocycles. The highest BCUT2D eigenvalue weighted by atomic mass is 16.5. The molecular formula is C9H17N3O3. The lowest BCUT2D eigenvalue weighted by molar-refractivity contribution is -0.138. The van der Waals surface area contributed by atoms with E-state index in [2.05, 4.69) is 10.6 Å². The highest BCUT2D eigenvalue weighted by Crippen LogP contribution is 2.14. The minimum atomic E-state index is -0.659. The maximum absolute atomic E-state index is 11.3. The van der Waals surface area contributed by atoms with Gasteiger partial charge in [-0.1, -0.05) is 0 Å².